The lowest BCUT2D eigenvalue weighted by atomic mass is 9.61. The summed E-state index contributed by atoms with van der Waals surface area (Å²) in [5.74, 6) is 3.36. The third kappa shape index (κ3) is 6.68. The molecule has 6 N–H and O–H groups in total. The Hall–Kier alpha value is -1.22. The zero-order valence-electron chi connectivity index (χ0n) is 24.0. The second-order valence-electron chi connectivity index (χ2n) is 13.2. The number of hydrogen-bond acceptors (Lipinski definition) is 6. The van der Waals surface area contributed by atoms with Crippen LogP contribution >= 0.6 is 0 Å². The second kappa shape index (κ2) is 12.8. The Morgan fingerprint density at radius 1 is 1.05 bits per heavy atom. The van der Waals surface area contributed by atoms with Gasteiger partial charge in [-0.15, -0.1) is 0 Å². The SMILES string of the molecule is CC1CC(C)C(CNC(=O)C2CC(C3CC(CNCCN)CCC3C)CC3C2CNN3C(C)C)C(=O)N1. The van der Waals surface area contributed by atoms with Gasteiger partial charge in [-0.2, -0.15) is 0 Å². The van der Waals surface area contributed by atoms with E-state index in [0.29, 0.717) is 54.8 Å². The van der Waals surface area contributed by atoms with Gasteiger partial charge in [0.15, 0.2) is 0 Å². The van der Waals surface area contributed by atoms with Gasteiger partial charge < -0.3 is 21.7 Å². The highest BCUT2D eigenvalue weighted by molar-refractivity contribution is 5.83. The largest absolute Gasteiger partial charge is 0.355 e. The van der Waals surface area contributed by atoms with E-state index in [4.69, 9.17) is 5.73 Å². The van der Waals surface area contributed by atoms with E-state index in [-0.39, 0.29) is 35.6 Å². The standard InChI is InChI=1S/C29H54N6O2/c1-17(2)35-27-13-22(23-11-21(7-6-18(23)3)14-31-9-8-30)12-24(26(27)16-33-35)28(36)32-15-25-19(4)10-20(5)34-29(25)37/h17-27,31,33H,6-16,30H2,1-5H3,(H,32,36)(H,34,37). The molecule has 2 heterocycles. The van der Waals surface area contributed by atoms with Gasteiger partial charge in [0.05, 0.1) is 5.92 Å². The molecule has 4 aliphatic rings. The molecule has 2 saturated heterocycles. The molecule has 4 rings (SSSR count). The highest BCUT2D eigenvalue weighted by Gasteiger charge is 2.50. The number of piperidine rings is 1. The van der Waals surface area contributed by atoms with E-state index >= 15 is 0 Å². The molecule has 2 aliphatic heterocycles. The van der Waals surface area contributed by atoms with Crippen molar-refractivity contribution in [3.8, 4) is 0 Å². The van der Waals surface area contributed by atoms with Crippen LogP contribution in [0.3, 0.4) is 0 Å². The minimum Gasteiger partial charge on any atom is -0.355 e. The summed E-state index contributed by atoms with van der Waals surface area (Å²) >= 11 is 0. The quantitative estimate of drug-likeness (QED) is 0.299. The van der Waals surface area contributed by atoms with Crippen molar-refractivity contribution in [3.63, 3.8) is 0 Å². The van der Waals surface area contributed by atoms with E-state index in [9.17, 15) is 9.59 Å². The Bertz CT molecular complexity index is 777. The Balaban J connectivity index is 1.45. The van der Waals surface area contributed by atoms with Gasteiger partial charge in [-0.3, -0.25) is 15.0 Å². The smallest absolute Gasteiger partial charge is 0.225 e. The van der Waals surface area contributed by atoms with Gasteiger partial charge in [-0.1, -0.05) is 20.3 Å². The number of nitrogens with two attached hydrogens (primary N) is 1. The first-order valence-electron chi connectivity index (χ1n) is 15.2. The number of rotatable bonds is 9. The molecule has 37 heavy (non-hydrogen) atoms. The first-order chi connectivity index (χ1) is 17.7. The van der Waals surface area contributed by atoms with Gasteiger partial charge in [0, 0.05) is 56.1 Å². The van der Waals surface area contributed by atoms with Crippen LogP contribution in [0.4, 0.5) is 0 Å². The van der Waals surface area contributed by atoms with Crippen LogP contribution in [0.25, 0.3) is 0 Å². The van der Waals surface area contributed by atoms with E-state index < -0.39 is 0 Å². The predicted molar refractivity (Wildman–Crippen MR) is 148 cm³/mol. The fourth-order valence-corrected chi connectivity index (χ4v) is 8.22. The average molecular weight is 519 g/mol. The first kappa shape index (κ1) is 28.8. The molecule has 0 aromatic heterocycles. The number of hydrogen-bond donors (Lipinski definition) is 5. The van der Waals surface area contributed by atoms with Crippen LogP contribution in [-0.2, 0) is 9.59 Å². The molecule has 2 saturated carbocycles. The van der Waals surface area contributed by atoms with Crippen LogP contribution in [-0.4, -0.2) is 67.7 Å². The number of carbonyl (C=O) groups excluding carboxylic acids is 2. The van der Waals surface area contributed by atoms with Crippen LogP contribution in [0.2, 0.25) is 0 Å². The molecule has 0 spiro atoms. The van der Waals surface area contributed by atoms with Gasteiger partial charge >= 0.3 is 0 Å². The van der Waals surface area contributed by atoms with Gasteiger partial charge in [0.1, 0.15) is 0 Å². The van der Waals surface area contributed by atoms with Gasteiger partial charge in [-0.05, 0) is 89.0 Å². The molecule has 8 heteroatoms. The maximum atomic E-state index is 13.8. The van der Waals surface area contributed by atoms with E-state index in [0.717, 1.165) is 32.5 Å². The number of hydrazine groups is 1. The zero-order valence-corrected chi connectivity index (χ0v) is 24.0. The molecule has 4 fully saturated rings. The fraction of sp³-hybridized carbons (Fsp3) is 0.931. The van der Waals surface area contributed by atoms with Crippen molar-refractivity contribution < 1.29 is 9.59 Å². The monoisotopic (exact) mass is 518 g/mol. The van der Waals surface area contributed by atoms with E-state index in [1.54, 1.807) is 0 Å². The molecule has 10 unspecified atom stereocenters. The van der Waals surface area contributed by atoms with Crippen molar-refractivity contribution in [3.05, 3.63) is 0 Å². The molecule has 0 aromatic rings. The summed E-state index contributed by atoms with van der Waals surface area (Å²) in [6.45, 7) is 15.1. The number of carbonyl (C=O) groups is 2. The topological polar surface area (TPSA) is 112 Å². The van der Waals surface area contributed by atoms with Crippen molar-refractivity contribution in [2.24, 2.45) is 53.1 Å². The van der Waals surface area contributed by atoms with E-state index in [2.05, 4.69) is 61.0 Å². The summed E-state index contributed by atoms with van der Waals surface area (Å²) in [5.41, 5.74) is 9.35. The Kier molecular flexibility index (Phi) is 9.92. The van der Waals surface area contributed by atoms with Crippen molar-refractivity contribution in [1.29, 1.82) is 0 Å². The average Bonchev–Trinajstić information content (AvgIpc) is 3.28. The third-order valence-corrected chi connectivity index (χ3v) is 10.2. The van der Waals surface area contributed by atoms with Crippen LogP contribution in [0, 0.1) is 47.3 Å². The molecule has 10 atom stereocenters. The van der Waals surface area contributed by atoms with Crippen molar-refractivity contribution in [2.45, 2.75) is 91.3 Å². The van der Waals surface area contributed by atoms with Gasteiger partial charge in [0.2, 0.25) is 11.8 Å². The fourth-order valence-electron chi connectivity index (χ4n) is 8.22. The van der Waals surface area contributed by atoms with Crippen molar-refractivity contribution >= 4 is 11.8 Å². The second-order valence-corrected chi connectivity index (χ2v) is 13.2. The van der Waals surface area contributed by atoms with E-state index in [1.807, 2.05) is 0 Å². The molecular formula is C29H54N6O2. The van der Waals surface area contributed by atoms with Crippen LogP contribution in [0.5, 0.6) is 0 Å². The number of nitrogens with zero attached hydrogens (tertiary/aromatic N) is 1. The van der Waals surface area contributed by atoms with Crippen LogP contribution < -0.4 is 27.1 Å². The summed E-state index contributed by atoms with van der Waals surface area (Å²) in [5, 5.41) is 12.3. The third-order valence-electron chi connectivity index (χ3n) is 10.2. The highest BCUT2D eigenvalue weighted by atomic mass is 16.2. The highest BCUT2D eigenvalue weighted by Crippen LogP contribution is 2.48. The maximum Gasteiger partial charge on any atom is 0.225 e. The molecule has 0 bridgehead atoms. The molecule has 212 valence electrons. The molecule has 2 amide bonds. The molecule has 0 aromatic carbocycles. The minimum absolute atomic E-state index is 0.00354. The summed E-state index contributed by atoms with van der Waals surface area (Å²) in [6, 6.07) is 1.02. The first-order valence-corrected chi connectivity index (χ1v) is 15.2. The lowest BCUT2D eigenvalue weighted by Gasteiger charge is -2.47. The number of amides is 2. The summed E-state index contributed by atoms with van der Waals surface area (Å²) < 4.78 is 0. The lowest BCUT2D eigenvalue weighted by Crippen LogP contribution is -2.53. The predicted octanol–water partition coefficient (Wildman–Crippen LogP) is 2.10. The van der Waals surface area contributed by atoms with Crippen LogP contribution in [0.1, 0.15) is 73.1 Å². The molecule has 2 aliphatic carbocycles. The molecular weight excluding hydrogens is 464 g/mol. The molecule has 8 nitrogen and oxygen atoms in total. The van der Waals surface area contributed by atoms with Gasteiger partial charge in [-0.25, -0.2) is 5.01 Å². The van der Waals surface area contributed by atoms with Crippen LogP contribution in [0.15, 0.2) is 0 Å². The molecule has 0 radical (unpaired) electrons. The summed E-state index contributed by atoms with van der Waals surface area (Å²) in [4.78, 5) is 26.4. The normalized spacial score (nSPS) is 40.9. The summed E-state index contributed by atoms with van der Waals surface area (Å²) in [6.07, 6.45) is 6.94. The van der Waals surface area contributed by atoms with Gasteiger partial charge in [0.25, 0.3) is 0 Å². The number of nitrogens with one attached hydrogen (secondary N) is 4. The van der Waals surface area contributed by atoms with Crippen molar-refractivity contribution in [2.75, 3.05) is 32.7 Å². The van der Waals surface area contributed by atoms with E-state index in [1.165, 1.54) is 25.7 Å². The maximum absolute atomic E-state index is 13.8. The number of fused-ring (bicyclic) bond motifs is 1. The Morgan fingerprint density at radius 3 is 2.54 bits per heavy atom. The zero-order chi connectivity index (χ0) is 26.7. The van der Waals surface area contributed by atoms with Crippen molar-refractivity contribution in [1.82, 2.24) is 26.4 Å². The summed E-state index contributed by atoms with van der Waals surface area (Å²) in [7, 11) is 0. The Morgan fingerprint density at radius 2 is 1.84 bits per heavy atom. The lowest BCUT2D eigenvalue weighted by molar-refractivity contribution is -0.132. The minimum atomic E-state index is -0.135. The Labute approximate surface area is 225 Å².